The van der Waals surface area contributed by atoms with E-state index >= 15 is 0 Å². The highest BCUT2D eigenvalue weighted by Gasteiger charge is 2.21. The second-order valence-electron chi connectivity index (χ2n) is 4.75. The molecular weight excluding hydrogens is 348 g/mol. The van der Waals surface area contributed by atoms with Crippen LogP contribution in [0.15, 0.2) is 65.4 Å². The first-order valence-corrected chi connectivity index (χ1v) is 10.6. The Balaban J connectivity index is 1.43. The predicted molar refractivity (Wildman–Crippen MR) is 103 cm³/mol. The average Bonchev–Trinajstić information content (AvgIpc) is 2.97. The Morgan fingerprint density at radius 1 is 1.35 bits per heavy atom. The van der Waals surface area contributed by atoms with Gasteiger partial charge in [0.25, 0.3) is 0 Å². The molecule has 1 aliphatic heterocycles. The smallest absolute Gasteiger partial charge is 0.229 e. The van der Waals surface area contributed by atoms with Gasteiger partial charge in [-0.1, -0.05) is 46.8 Å². The van der Waals surface area contributed by atoms with Crippen LogP contribution in [0.1, 0.15) is 0 Å². The Morgan fingerprint density at radius 2 is 2.22 bits per heavy atom. The van der Waals surface area contributed by atoms with Crippen LogP contribution in [0.2, 0.25) is 0 Å². The SMILES string of the molecule is C=C1C=CC(CSSSC2Nc3ccccc3O2)=C/C1=N/OC. The second-order valence-corrected chi connectivity index (χ2v) is 8.95. The van der Waals surface area contributed by atoms with Crippen molar-refractivity contribution in [3.05, 3.63) is 60.2 Å². The molecule has 0 saturated heterocycles. The summed E-state index contributed by atoms with van der Waals surface area (Å²) >= 11 is 0. The van der Waals surface area contributed by atoms with Crippen molar-refractivity contribution >= 4 is 42.8 Å². The number of ether oxygens (including phenoxy) is 1. The Labute approximate surface area is 147 Å². The Morgan fingerprint density at radius 3 is 3.04 bits per heavy atom. The minimum atomic E-state index is -0.0498. The van der Waals surface area contributed by atoms with Gasteiger partial charge in [0.05, 0.1) is 5.69 Å². The molecule has 0 saturated carbocycles. The lowest BCUT2D eigenvalue weighted by atomic mass is 10.0. The first-order valence-electron chi connectivity index (χ1n) is 6.92. The van der Waals surface area contributed by atoms with E-state index in [4.69, 9.17) is 9.57 Å². The minimum absolute atomic E-state index is 0.0498. The van der Waals surface area contributed by atoms with E-state index in [9.17, 15) is 0 Å². The third-order valence-electron chi connectivity index (χ3n) is 3.13. The molecule has 1 aromatic carbocycles. The number of nitrogens with one attached hydrogen (secondary N) is 1. The van der Waals surface area contributed by atoms with E-state index < -0.39 is 0 Å². The molecular formula is C16H16N2O2S3. The summed E-state index contributed by atoms with van der Waals surface area (Å²) in [6.07, 6.45) is 6.03. The van der Waals surface area contributed by atoms with Gasteiger partial charge in [-0.2, -0.15) is 0 Å². The van der Waals surface area contributed by atoms with Gasteiger partial charge in [-0.3, -0.25) is 0 Å². The zero-order valence-corrected chi connectivity index (χ0v) is 15.0. The van der Waals surface area contributed by atoms with Crippen LogP contribution in [0.25, 0.3) is 0 Å². The van der Waals surface area contributed by atoms with Crippen molar-refractivity contribution < 1.29 is 9.57 Å². The Kier molecular flexibility index (Phi) is 5.64. The van der Waals surface area contributed by atoms with Gasteiger partial charge in [0.15, 0.2) is 0 Å². The van der Waals surface area contributed by atoms with Gasteiger partial charge < -0.3 is 14.9 Å². The molecule has 0 aromatic heterocycles. The number of rotatable bonds is 6. The fourth-order valence-electron chi connectivity index (χ4n) is 2.04. The van der Waals surface area contributed by atoms with Crippen molar-refractivity contribution in [2.45, 2.75) is 5.56 Å². The predicted octanol–water partition coefficient (Wildman–Crippen LogP) is 4.86. The largest absolute Gasteiger partial charge is 0.458 e. The fourth-order valence-corrected chi connectivity index (χ4v) is 5.62. The lowest BCUT2D eigenvalue weighted by Crippen LogP contribution is -2.13. The monoisotopic (exact) mass is 364 g/mol. The van der Waals surface area contributed by atoms with Gasteiger partial charge in [-0.05, 0) is 50.0 Å². The van der Waals surface area contributed by atoms with Crippen molar-refractivity contribution in [1.82, 2.24) is 0 Å². The second kappa shape index (κ2) is 7.90. The zero-order chi connectivity index (χ0) is 16.1. The first kappa shape index (κ1) is 16.4. The maximum atomic E-state index is 5.80. The highest BCUT2D eigenvalue weighted by Crippen LogP contribution is 2.43. The molecule has 0 fully saturated rings. The molecule has 2 aliphatic rings. The average molecular weight is 365 g/mol. The van der Waals surface area contributed by atoms with Gasteiger partial charge in [-0.15, -0.1) is 0 Å². The molecule has 23 heavy (non-hydrogen) atoms. The van der Waals surface area contributed by atoms with Crippen LogP contribution in [0.3, 0.4) is 0 Å². The number of para-hydroxylation sites is 2. The van der Waals surface area contributed by atoms with Crippen molar-refractivity contribution in [2.75, 3.05) is 18.2 Å². The summed E-state index contributed by atoms with van der Waals surface area (Å²) < 4.78 is 5.80. The third-order valence-corrected chi connectivity index (χ3v) is 7.12. The van der Waals surface area contributed by atoms with Crippen molar-refractivity contribution in [3.8, 4) is 5.75 Å². The van der Waals surface area contributed by atoms with Crippen LogP contribution in [0.5, 0.6) is 5.75 Å². The van der Waals surface area contributed by atoms with E-state index in [0.29, 0.717) is 0 Å². The number of fused-ring (bicyclic) bond motifs is 1. The summed E-state index contributed by atoms with van der Waals surface area (Å²) in [6.45, 7) is 3.93. The van der Waals surface area contributed by atoms with Gasteiger partial charge >= 0.3 is 0 Å². The summed E-state index contributed by atoms with van der Waals surface area (Å²) in [5, 5.41) is 7.30. The van der Waals surface area contributed by atoms with Gasteiger partial charge in [-0.25, -0.2) is 0 Å². The Hall–Kier alpha value is -1.44. The quantitative estimate of drug-likeness (QED) is 0.442. The van der Waals surface area contributed by atoms with Crippen LogP contribution in [-0.2, 0) is 4.84 Å². The lowest BCUT2D eigenvalue weighted by Gasteiger charge is -2.11. The van der Waals surface area contributed by atoms with Crippen molar-refractivity contribution in [2.24, 2.45) is 5.16 Å². The summed E-state index contributed by atoms with van der Waals surface area (Å²) in [5.41, 5.74) is 3.83. The fraction of sp³-hybridized carbons (Fsp3) is 0.188. The molecule has 0 bridgehead atoms. The molecule has 1 N–H and O–H groups in total. The van der Waals surface area contributed by atoms with E-state index in [1.165, 1.54) is 5.57 Å². The number of hydrogen-bond acceptors (Lipinski definition) is 7. The normalized spacial score (nSPS) is 20.7. The molecule has 120 valence electrons. The summed E-state index contributed by atoms with van der Waals surface area (Å²) in [7, 11) is 6.67. The Bertz CT molecular complexity index is 661. The van der Waals surface area contributed by atoms with Gasteiger partial charge in [0.1, 0.15) is 18.6 Å². The van der Waals surface area contributed by atoms with Gasteiger partial charge in [0, 0.05) is 5.75 Å². The molecule has 0 spiro atoms. The number of hydrogen-bond donors (Lipinski definition) is 1. The third kappa shape index (κ3) is 4.31. The molecule has 4 nitrogen and oxygen atoms in total. The number of nitrogens with zero attached hydrogens (tertiary/aromatic N) is 1. The summed E-state index contributed by atoms with van der Waals surface area (Å²) in [5.74, 6) is 1.79. The number of allylic oxidation sites excluding steroid dienone is 4. The summed E-state index contributed by atoms with van der Waals surface area (Å²) in [6, 6.07) is 7.97. The molecule has 0 amide bonds. The van der Waals surface area contributed by atoms with Gasteiger partial charge in [0.2, 0.25) is 5.56 Å². The molecule has 3 rings (SSSR count). The highest BCUT2D eigenvalue weighted by atomic mass is 33.5. The first-order chi connectivity index (χ1) is 11.3. The molecule has 7 heteroatoms. The lowest BCUT2D eigenvalue weighted by molar-refractivity contribution is 0.214. The van der Waals surface area contributed by atoms with Crippen molar-refractivity contribution in [3.63, 3.8) is 0 Å². The standard InChI is InChI=1S/C16H16N2O2S3/c1-11-7-8-12(9-14(11)18-19-2)10-21-23-22-16-17-13-5-3-4-6-15(13)20-16/h3-9,16-17H,1,10H2,2H3/b18-14-. The van der Waals surface area contributed by atoms with Crippen LogP contribution in [0.4, 0.5) is 5.69 Å². The van der Waals surface area contributed by atoms with Crippen LogP contribution in [0, 0.1) is 0 Å². The maximum Gasteiger partial charge on any atom is 0.229 e. The number of anilines is 1. The molecule has 1 unspecified atom stereocenters. The highest BCUT2D eigenvalue weighted by molar-refractivity contribution is 9.09. The molecule has 1 atom stereocenters. The van der Waals surface area contributed by atoms with E-state index in [1.807, 2.05) is 36.4 Å². The zero-order valence-electron chi connectivity index (χ0n) is 12.5. The molecule has 1 heterocycles. The molecule has 0 radical (unpaired) electrons. The number of benzene rings is 1. The van der Waals surface area contributed by atoms with Crippen LogP contribution < -0.4 is 10.1 Å². The van der Waals surface area contributed by atoms with E-state index in [0.717, 1.165) is 28.5 Å². The van der Waals surface area contributed by atoms with E-state index in [-0.39, 0.29) is 5.56 Å². The van der Waals surface area contributed by atoms with Crippen molar-refractivity contribution in [1.29, 1.82) is 0 Å². The summed E-state index contributed by atoms with van der Waals surface area (Å²) in [4.78, 5) is 4.83. The minimum Gasteiger partial charge on any atom is -0.458 e. The number of oxime groups is 1. The molecule has 1 aromatic rings. The van der Waals surface area contributed by atoms with E-state index in [2.05, 4.69) is 23.1 Å². The van der Waals surface area contributed by atoms with E-state index in [1.54, 1.807) is 38.5 Å². The molecule has 1 aliphatic carbocycles. The topological polar surface area (TPSA) is 42.8 Å². The van der Waals surface area contributed by atoms with Crippen LogP contribution >= 0.6 is 31.4 Å². The van der Waals surface area contributed by atoms with Crippen LogP contribution in [-0.4, -0.2) is 24.1 Å². The maximum absolute atomic E-state index is 5.80.